The number of hydrogen-bond acceptors (Lipinski definition) is 5. The van der Waals surface area contributed by atoms with Gasteiger partial charge in [-0.15, -0.1) is 0 Å². The molecule has 10 heteroatoms. The second kappa shape index (κ2) is 8.50. The van der Waals surface area contributed by atoms with Crippen LogP contribution in [0.5, 0.6) is 0 Å². The number of carbonyl (C=O) groups is 1. The van der Waals surface area contributed by atoms with Crippen molar-refractivity contribution in [3.63, 3.8) is 0 Å². The molecule has 0 radical (unpaired) electrons. The minimum absolute atomic E-state index is 0.368. The van der Waals surface area contributed by atoms with Crippen LogP contribution in [-0.2, 0) is 14.8 Å². The van der Waals surface area contributed by atoms with Crippen LogP contribution >= 0.6 is 0 Å². The van der Waals surface area contributed by atoms with Crippen molar-refractivity contribution < 1.29 is 17.6 Å². The summed E-state index contributed by atoms with van der Waals surface area (Å²) in [5.41, 5.74) is 1.64. The van der Waals surface area contributed by atoms with Crippen LogP contribution in [0.4, 0.5) is 4.39 Å². The quantitative estimate of drug-likeness (QED) is 0.611. The zero-order valence-corrected chi connectivity index (χ0v) is 16.6. The summed E-state index contributed by atoms with van der Waals surface area (Å²) in [4.78, 5) is 15.8. The molecular weight excluding hydrogens is 397 g/mol. The number of benzene rings is 2. The van der Waals surface area contributed by atoms with Crippen LogP contribution in [0, 0.1) is 5.82 Å². The fourth-order valence-electron chi connectivity index (χ4n) is 2.69. The third kappa shape index (κ3) is 4.84. The monoisotopic (exact) mass is 417 g/mol. The van der Waals surface area contributed by atoms with Gasteiger partial charge in [-0.2, -0.15) is 9.82 Å². The van der Waals surface area contributed by atoms with Crippen molar-refractivity contribution in [3.05, 3.63) is 72.6 Å². The molecule has 0 aliphatic carbocycles. The van der Waals surface area contributed by atoms with Crippen LogP contribution < -0.4 is 10.0 Å². The Hall–Kier alpha value is -3.11. The maximum absolute atomic E-state index is 13.8. The summed E-state index contributed by atoms with van der Waals surface area (Å²) in [5, 5.41) is 6.79. The highest BCUT2D eigenvalue weighted by molar-refractivity contribution is 7.89. The lowest BCUT2D eigenvalue weighted by molar-refractivity contribution is -0.123. The molecular formula is C19H20FN5O3S. The molecule has 1 heterocycles. The van der Waals surface area contributed by atoms with Gasteiger partial charge in [-0.05, 0) is 43.7 Å². The van der Waals surface area contributed by atoms with Crippen LogP contribution in [-0.4, -0.2) is 35.1 Å². The van der Waals surface area contributed by atoms with Crippen molar-refractivity contribution >= 4 is 15.9 Å². The van der Waals surface area contributed by atoms with E-state index < -0.39 is 32.7 Å². The first-order chi connectivity index (χ1) is 13.8. The van der Waals surface area contributed by atoms with Crippen LogP contribution in [0.2, 0.25) is 0 Å². The molecule has 2 aromatic carbocycles. The average Bonchev–Trinajstić information content (AvgIpc) is 3.22. The Morgan fingerprint density at radius 3 is 2.41 bits per heavy atom. The van der Waals surface area contributed by atoms with Crippen molar-refractivity contribution in [2.24, 2.45) is 0 Å². The number of nitrogens with zero attached hydrogens (tertiary/aromatic N) is 3. The van der Waals surface area contributed by atoms with E-state index in [1.807, 2.05) is 24.3 Å². The zero-order chi connectivity index (χ0) is 21.0. The second-order valence-electron chi connectivity index (χ2n) is 6.44. The molecule has 29 heavy (non-hydrogen) atoms. The molecule has 152 valence electrons. The second-order valence-corrected chi connectivity index (χ2v) is 8.12. The summed E-state index contributed by atoms with van der Waals surface area (Å²) >= 11 is 0. The molecule has 0 saturated heterocycles. The van der Waals surface area contributed by atoms with Gasteiger partial charge >= 0.3 is 0 Å². The van der Waals surface area contributed by atoms with Gasteiger partial charge in [-0.25, -0.2) is 22.5 Å². The number of aromatic nitrogens is 3. The first-order valence-electron chi connectivity index (χ1n) is 8.80. The molecule has 1 amide bonds. The fourth-order valence-corrected chi connectivity index (χ4v) is 3.97. The normalized spacial score (nSPS) is 13.6. The highest BCUT2D eigenvalue weighted by atomic mass is 32.2. The van der Waals surface area contributed by atoms with Crippen molar-refractivity contribution in [2.75, 3.05) is 0 Å². The van der Waals surface area contributed by atoms with Gasteiger partial charge < -0.3 is 5.32 Å². The molecule has 2 atom stereocenters. The van der Waals surface area contributed by atoms with Gasteiger partial charge in [0.25, 0.3) is 0 Å². The van der Waals surface area contributed by atoms with E-state index in [9.17, 15) is 17.6 Å². The molecule has 0 aliphatic heterocycles. The molecule has 0 aliphatic rings. The standard InChI is InChI=1S/C19H20FN5O3S/c1-13(15-7-9-16(10-8-15)25-12-21-11-22-25)23-19(26)14(2)24-29(27,28)18-6-4-3-5-17(18)20/h3-14,24H,1-2H3,(H,23,26)/t13?,14-/m0/s1. The first-order valence-corrected chi connectivity index (χ1v) is 10.3. The smallest absolute Gasteiger partial charge is 0.244 e. The fraction of sp³-hybridized carbons (Fsp3) is 0.211. The lowest BCUT2D eigenvalue weighted by atomic mass is 10.1. The molecule has 3 aromatic rings. The lowest BCUT2D eigenvalue weighted by Crippen LogP contribution is -2.45. The van der Waals surface area contributed by atoms with Crippen LogP contribution in [0.3, 0.4) is 0 Å². The van der Waals surface area contributed by atoms with Crippen molar-refractivity contribution in [1.82, 2.24) is 24.8 Å². The van der Waals surface area contributed by atoms with E-state index in [4.69, 9.17) is 0 Å². The molecule has 0 spiro atoms. The summed E-state index contributed by atoms with van der Waals surface area (Å²) in [5.74, 6) is -1.41. The van der Waals surface area contributed by atoms with E-state index in [1.54, 1.807) is 17.9 Å². The molecule has 0 bridgehead atoms. The van der Waals surface area contributed by atoms with Gasteiger partial charge in [0, 0.05) is 0 Å². The highest BCUT2D eigenvalue weighted by Gasteiger charge is 2.25. The van der Waals surface area contributed by atoms with Crippen LogP contribution in [0.1, 0.15) is 25.5 Å². The van der Waals surface area contributed by atoms with Gasteiger partial charge in [-0.1, -0.05) is 24.3 Å². The molecule has 2 N–H and O–H groups in total. The Morgan fingerprint density at radius 1 is 1.10 bits per heavy atom. The van der Waals surface area contributed by atoms with E-state index in [2.05, 4.69) is 20.1 Å². The third-order valence-electron chi connectivity index (χ3n) is 4.29. The number of halogens is 1. The minimum Gasteiger partial charge on any atom is -0.348 e. The zero-order valence-electron chi connectivity index (χ0n) is 15.8. The number of sulfonamides is 1. The summed E-state index contributed by atoms with van der Waals surface area (Å²) in [6.07, 6.45) is 3.00. The number of nitrogens with one attached hydrogen (secondary N) is 2. The number of hydrogen-bond donors (Lipinski definition) is 2. The predicted molar refractivity (Wildman–Crippen MR) is 104 cm³/mol. The van der Waals surface area contributed by atoms with Crippen molar-refractivity contribution in [2.45, 2.75) is 30.8 Å². The SMILES string of the molecule is CC(NC(=O)[C@H](C)NS(=O)(=O)c1ccccc1F)c1ccc(-n2cncn2)cc1. The van der Waals surface area contributed by atoms with E-state index in [1.165, 1.54) is 25.4 Å². The van der Waals surface area contributed by atoms with Gasteiger partial charge in [0.2, 0.25) is 15.9 Å². The minimum atomic E-state index is -4.17. The first kappa shape index (κ1) is 20.6. The summed E-state index contributed by atoms with van der Waals surface area (Å²) < 4.78 is 42.2. The predicted octanol–water partition coefficient (Wildman–Crippen LogP) is 1.95. The Kier molecular flexibility index (Phi) is 6.04. The average molecular weight is 417 g/mol. The largest absolute Gasteiger partial charge is 0.348 e. The Morgan fingerprint density at radius 2 is 1.79 bits per heavy atom. The third-order valence-corrected chi connectivity index (χ3v) is 5.86. The van der Waals surface area contributed by atoms with E-state index >= 15 is 0 Å². The number of amides is 1. The molecule has 0 saturated carbocycles. The molecule has 3 rings (SSSR count). The van der Waals surface area contributed by atoms with Gasteiger partial charge in [0.15, 0.2) is 0 Å². The van der Waals surface area contributed by atoms with Gasteiger partial charge in [0.1, 0.15) is 23.4 Å². The van der Waals surface area contributed by atoms with Crippen molar-refractivity contribution in [1.29, 1.82) is 0 Å². The van der Waals surface area contributed by atoms with Crippen molar-refractivity contribution in [3.8, 4) is 5.69 Å². The highest BCUT2D eigenvalue weighted by Crippen LogP contribution is 2.16. The lowest BCUT2D eigenvalue weighted by Gasteiger charge is -2.19. The summed E-state index contributed by atoms with van der Waals surface area (Å²) in [7, 11) is -4.17. The molecule has 8 nitrogen and oxygen atoms in total. The maximum Gasteiger partial charge on any atom is 0.244 e. The Balaban J connectivity index is 1.64. The number of rotatable bonds is 7. The van der Waals surface area contributed by atoms with E-state index in [-0.39, 0.29) is 6.04 Å². The summed E-state index contributed by atoms with van der Waals surface area (Å²) in [6, 6.07) is 10.9. The topological polar surface area (TPSA) is 106 Å². The Bertz CT molecular complexity index is 1090. The van der Waals surface area contributed by atoms with Gasteiger partial charge in [-0.3, -0.25) is 4.79 Å². The van der Waals surface area contributed by atoms with E-state index in [0.29, 0.717) is 0 Å². The number of carbonyl (C=O) groups excluding carboxylic acids is 1. The maximum atomic E-state index is 13.8. The molecule has 0 fully saturated rings. The van der Waals surface area contributed by atoms with Crippen LogP contribution in [0.15, 0.2) is 66.1 Å². The molecule has 1 unspecified atom stereocenters. The molecule has 1 aromatic heterocycles. The van der Waals surface area contributed by atoms with Crippen LogP contribution in [0.25, 0.3) is 5.69 Å². The van der Waals surface area contributed by atoms with E-state index in [0.717, 1.165) is 23.4 Å². The summed E-state index contributed by atoms with van der Waals surface area (Å²) in [6.45, 7) is 3.18. The van der Waals surface area contributed by atoms with Gasteiger partial charge in [0.05, 0.1) is 17.8 Å². The Labute approximate surface area is 167 Å².